The van der Waals surface area contributed by atoms with E-state index in [9.17, 15) is 0 Å². The average molecular weight is 254 g/mol. The average Bonchev–Trinajstić information content (AvgIpc) is 2.64. The fourth-order valence-electron chi connectivity index (χ4n) is 1.12. The molecule has 1 aromatic heterocycles. The van der Waals surface area contributed by atoms with E-state index < -0.39 is 0 Å². The Hall–Kier alpha value is -0.990. The first-order valence-electron chi connectivity index (χ1n) is 3.57. The predicted octanol–water partition coefficient (Wildman–Crippen LogP) is 2.46. The molecule has 0 spiro atoms. The Morgan fingerprint density at radius 3 is 2.85 bits per heavy atom. The fraction of sp³-hybridized carbons (Fsp3) is 0.125. The lowest BCUT2D eigenvalue weighted by atomic mass is 10.1. The first kappa shape index (κ1) is 8.60. The van der Waals surface area contributed by atoms with Gasteiger partial charge >= 0.3 is 0 Å². The van der Waals surface area contributed by atoms with Crippen molar-refractivity contribution in [3.8, 4) is 6.07 Å². The van der Waals surface area contributed by atoms with Crippen molar-refractivity contribution in [2.45, 2.75) is 5.33 Å². The van der Waals surface area contributed by atoms with Gasteiger partial charge in [-0.15, -0.1) is 0 Å². The minimum atomic E-state index is 0.591. The summed E-state index contributed by atoms with van der Waals surface area (Å²) < 4.78 is 8.23. The lowest BCUT2D eigenvalue weighted by Crippen LogP contribution is -1.84. The van der Waals surface area contributed by atoms with Crippen LogP contribution in [-0.2, 0) is 5.33 Å². The molecule has 0 radical (unpaired) electrons. The molecule has 13 heavy (non-hydrogen) atoms. The minimum absolute atomic E-state index is 0.591. The predicted molar refractivity (Wildman–Crippen MR) is 54.8 cm³/mol. The van der Waals surface area contributed by atoms with Gasteiger partial charge in [0, 0.05) is 5.33 Å². The number of alkyl halides is 1. The molecule has 5 heteroatoms. The molecule has 2 rings (SSSR count). The number of hydrogen-bond donors (Lipinski definition) is 0. The summed E-state index contributed by atoms with van der Waals surface area (Å²) in [5, 5.41) is 9.53. The highest BCUT2D eigenvalue weighted by Crippen LogP contribution is 2.21. The summed E-state index contributed by atoms with van der Waals surface area (Å²) in [5.74, 6) is 0. The van der Waals surface area contributed by atoms with E-state index in [1.165, 1.54) is 0 Å². The third kappa shape index (κ3) is 1.32. The van der Waals surface area contributed by atoms with E-state index in [1.54, 1.807) is 6.07 Å². The summed E-state index contributed by atoms with van der Waals surface area (Å²) in [4.78, 5) is 0. The lowest BCUT2D eigenvalue weighted by Gasteiger charge is -1.96. The van der Waals surface area contributed by atoms with Crippen molar-refractivity contribution >= 4 is 38.7 Å². The van der Waals surface area contributed by atoms with Crippen molar-refractivity contribution in [1.82, 2.24) is 8.75 Å². The first-order valence-corrected chi connectivity index (χ1v) is 5.42. The highest BCUT2D eigenvalue weighted by Gasteiger charge is 2.08. The molecule has 0 aliphatic rings. The first-order chi connectivity index (χ1) is 6.36. The van der Waals surface area contributed by atoms with Crippen LogP contribution in [0.1, 0.15) is 11.1 Å². The molecule has 0 N–H and O–H groups in total. The van der Waals surface area contributed by atoms with Gasteiger partial charge in [0.2, 0.25) is 0 Å². The molecule has 0 fully saturated rings. The number of fused-ring (bicyclic) bond motifs is 1. The van der Waals surface area contributed by atoms with E-state index in [1.807, 2.05) is 6.07 Å². The van der Waals surface area contributed by atoms with Gasteiger partial charge in [-0.25, -0.2) is 0 Å². The molecule has 2 aromatic rings. The maximum absolute atomic E-state index is 8.79. The Labute approximate surface area is 87.5 Å². The van der Waals surface area contributed by atoms with Crippen LogP contribution in [0.4, 0.5) is 0 Å². The van der Waals surface area contributed by atoms with Gasteiger partial charge in [0.1, 0.15) is 17.1 Å². The molecule has 0 saturated heterocycles. The normalized spacial score (nSPS) is 10.2. The molecule has 0 aliphatic carbocycles. The number of halogens is 1. The third-order valence-electron chi connectivity index (χ3n) is 1.76. The van der Waals surface area contributed by atoms with Gasteiger partial charge in [-0.2, -0.15) is 14.0 Å². The molecule has 1 heterocycles. The van der Waals surface area contributed by atoms with Crippen molar-refractivity contribution in [2.75, 3.05) is 0 Å². The van der Waals surface area contributed by atoms with Crippen LogP contribution >= 0.6 is 27.7 Å². The summed E-state index contributed by atoms with van der Waals surface area (Å²) in [6, 6.07) is 5.77. The van der Waals surface area contributed by atoms with Gasteiger partial charge in [-0.3, -0.25) is 0 Å². The van der Waals surface area contributed by atoms with Crippen LogP contribution in [0.3, 0.4) is 0 Å². The van der Waals surface area contributed by atoms with Crippen LogP contribution < -0.4 is 0 Å². The number of nitrogens with zero attached hydrogens (tertiary/aromatic N) is 3. The Bertz CT molecular complexity index is 486. The van der Waals surface area contributed by atoms with Gasteiger partial charge in [-0.05, 0) is 11.6 Å². The van der Waals surface area contributed by atoms with Gasteiger partial charge in [0.15, 0.2) is 0 Å². The summed E-state index contributed by atoms with van der Waals surface area (Å²) in [6.45, 7) is 0. The molecule has 0 bridgehead atoms. The Balaban J connectivity index is 2.83. The zero-order valence-corrected chi connectivity index (χ0v) is 8.89. The molecule has 1 aromatic carbocycles. The number of benzene rings is 1. The van der Waals surface area contributed by atoms with E-state index in [4.69, 9.17) is 5.26 Å². The van der Waals surface area contributed by atoms with Crippen molar-refractivity contribution in [2.24, 2.45) is 0 Å². The second kappa shape index (κ2) is 3.40. The topological polar surface area (TPSA) is 49.6 Å². The van der Waals surface area contributed by atoms with Gasteiger partial charge in [-0.1, -0.05) is 22.0 Å². The highest BCUT2D eigenvalue weighted by molar-refractivity contribution is 9.08. The minimum Gasteiger partial charge on any atom is -0.192 e. The third-order valence-corrected chi connectivity index (χ3v) is 2.90. The second-order valence-electron chi connectivity index (χ2n) is 2.48. The molecule has 64 valence electrons. The molecule has 0 aliphatic heterocycles. The van der Waals surface area contributed by atoms with Crippen molar-refractivity contribution in [3.05, 3.63) is 23.3 Å². The van der Waals surface area contributed by atoms with E-state index >= 15 is 0 Å². The van der Waals surface area contributed by atoms with Crippen LogP contribution in [0.25, 0.3) is 11.0 Å². The molecule has 0 saturated carbocycles. The van der Waals surface area contributed by atoms with E-state index in [2.05, 4.69) is 30.7 Å². The largest absolute Gasteiger partial charge is 0.192 e. The van der Waals surface area contributed by atoms with Crippen LogP contribution in [0, 0.1) is 11.3 Å². The molecule has 0 unspecified atom stereocenters. The van der Waals surface area contributed by atoms with Gasteiger partial charge < -0.3 is 0 Å². The van der Waals surface area contributed by atoms with Crippen LogP contribution in [0.2, 0.25) is 0 Å². The van der Waals surface area contributed by atoms with Gasteiger partial charge in [0.05, 0.1) is 17.3 Å². The summed E-state index contributed by atoms with van der Waals surface area (Å²) >= 11 is 4.50. The number of nitriles is 1. The van der Waals surface area contributed by atoms with E-state index in [0.29, 0.717) is 11.1 Å². The Kier molecular flexibility index (Phi) is 2.25. The van der Waals surface area contributed by atoms with Crippen molar-refractivity contribution < 1.29 is 0 Å². The standard InChI is InChI=1S/C8H4BrN3S/c9-3-5-1-2-6(4-10)8-7(5)11-13-12-8/h1-2H,3H2. The number of aromatic nitrogens is 2. The monoisotopic (exact) mass is 253 g/mol. The van der Waals surface area contributed by atoms with E-state index in [0.717, 1.165) is 28.1 Å². The van der Waals surface area contributed by atoms with Crippen LogP contribution in [-0.4, -0.2) is 8.75 Å². The molecular formula is C8H4BrN3S. The van der Waals surface area contributed by atoms with Crippen molar-refractivity contribution in [1.29, 1.82) is 5.26 Å². The number of hydrogen-bond acceptors (Lipinski definition) is 4. The molecule has 0 atom stereocenters. The number of rotatable bonds is 1. The highest BCUT2D eigenvalue weighted by atomic mass is 79.9. The zero-order chi connectivity index (χ0) is 9.26. The fourth-order valence-corrected chi connectivity index (χ4v) is 2.16. The summed E-state index contributed by atoms with van der Waals surface area (Å²) in [7, 11) is 0. The Morgan fingerprint density at radius 1 is 1.38 bits per heavy atom. The van der Waals surface area contributed by atoms with Crippen LogP contribution in [0.5, 0.6) is 0 Å². The second-order valence-corrected chi connectivity index (χ2v) is 3.57. The molecule has 0 amide bonds. The SMILES string of the molecule is N#Cc1ccc(CBr)c2nsnc12. The van der Waals surface area contributed by atoms with Crippen LogP contribution in [0.15, 0.2) is 12.1 Å². The molecular weight excluding hydrogens is 250 g/mol. The Morgan fingerprint density at radius 2 is 2.15 bits per heavy atom. The maximum atomic E-state index is 8.79. The summed E-state index contributed by atoms with van der Waals surface area (Å²) in [5.41, 5.74) is 3.21. The summed E-state index contributed by atoms with van der Waals surface area (Å²) in [6.07, 6.45) is 0. The lowest BCUT2D eigenvalue weighted by molar-refractivity contribution is 1.43. The smallest absolute Gasteiger partial charge is 0.122 e. The maximum Gasteiger partial charge on any atom is 0.122 e. The van der Waals surface area contributed by atoms with Gasteiger partial charge in [0.25, 0.3) is 0 Å². The zero-order valence-electron chi connectivity index (χ0n) is 6.49. The molecule has 3 nitrogen and oxygen atoms in total. The van der Waals surface area contributed by atoms with Crippen molar-refractivity contribution in [3.63, 3.8) is 0 Å². The quantitative estimate of drug-likeness (QED) is 0.734. The van der Waals surface area contributed by atoms with E-state index in [-0.39, 0.29) is 0 Å².